The zero-order valence-corrected chi connectivity index (χ0v) is 10.5. The molecule has 0 N–H and O–H groups in total. The van der Waals surface area contributed by atoms with E-state index in [1.807, 2.05) is 0 Å². The standard InChI is InChI=1S/C11H9BrF3NO/c1-2-16-8-4-3-7(11(13,14)15)10(12)6(8)5-9(16)17/h3-4H,2,5H2,1H3. The Hall–Kier alpha value is -1.04. The lowest BCUT2D eigenvalue weighted by molar-refractivity contribution is -0.138. The lowest BCUT2D eigenvalue weighted by Gasteiger charge is -2.16. The third kappa shape index (κ3) is 1.94. The zero-order chi connectivity index (χ0) is 12.8. The summed E-state index contributed by atoms with van der Waals surface area (Å²) < 4.78 is 38.0. The van der Waals surface area contributed by atoms with Crippen LogP contribution in [0.5, 0.6) is 0 Å². The predicted octanol–water partition coefficient (Wildman–Crippen LogP) is 3.38. The van der Waals surface area contributed by atoms with Crippen molar-refractivity contribution in [2.24, 2.45) is 0 Å². The van der Waals surface area contributed by atoms with E-state index < -0.39 is 11.7 Å². The first-order valence-corrected chi connectivity index (χ1v) is 5.84. The van der Waals surface area contributed by atoms with Crippen LogP contribution in [0.25, 0.3) is 0 Å². The van der Waals surface area contributed by atoms with Gasteiger partial charge in [0.05, 0.1) is 12.0 Å². The van der Waals surface area contributed by atoms with E-state index in [1.54, 1.807) is 6.92 Å². The number of halogens is 4. The van der Waals surface area contributed by atoms with E-state index in [1.165, 1.54) is 11.0 Å². The van der Waals surface area contributed by atoms with Gasteiger partial charge in [0.2, 0.25) is 5.91 Å². The molecule has 1 aromatic carbocycles. The van der Waals surface area contributed by atoms with E-state index in [0.29, 0.717) is 17.8 Å². The van der Waals surface area contributed by atoms with Crippen molar-refractivity contribution in [3.05, 3.63) is 27.7 Å². The molecule has 17 heavy (non-hydrogen) atoms. The Bertz CT molecular complexity index is 484. The molecule has 6 heteroatoms. The molecule has 1 aromatic rings. The molecule has 2 nitrogen and oxygen atoms in total. The van der Waals surface area contributed by atoms with Gasteiger partial charge in [-0.2, -0.15) is 13.2 Å². The number of alkyl halides is 3. The number of amides is 1. The summed E-state index contributed by atoms with van der Waals surface area (Å²) in [6.45, 7) is 2.25. The van der Waals surface area contributed by atoms with Gasteiger partial charge in [-0.1, -0.05) is 0 Å². The molecule has 0 aromatic heterocycles. The van der Waals surface area contributed by atoms with Crippen molar-refractivity contribution < 1.29 is 18.0 Å². The number of anilines is 1. The highest BCUT2D eigenvalue weighted by Crippen LogP contribution is 2.42. The average molecular weight is 308 g/mol. The molecule has 0 unspecified atom stereocenters. The van der Waals surface area contributed by atoms with Gasteiger partial charge in [-0.25, -0.2) is 0 Å². The maximum Gasteiger partial charge on any atom is 0.417 e. The van der Waals surface area contributed by atoms with Crippen molar-refractivity contribution in [2.75, 3.05) is 11.4 Å². The molecule has 1 amide bonds. The molecular formula is C11H9BrF3NO. The van der Waals surface area contributed by atoms with Gasteiger partial charge >= 0.3 is 6.18 Å². The summed E-state index contributed by atoms with van der Waals surface area (Å²) in [5.41, 5.74) is 0.256. The first-order valence-electron chi connectivity index (χ1n) is 5.05. The maximum absolute atomic E-state index is 12.7. The summed E-state index contributed by atoms with van der Waals surface area (Å²) in [5, 5.41) is 0. The molecule has 0 spiro atoms. The Morgan fingerprint density at radius 2 is 2.06 bits per heavy atom. The summed E-state index contributed by atoms with van der Waals surface area (Å²) in [4.78, 5) is 13.1. The van der Waals surface area contributed by atoms with Crippen LogP contribution >= 0.6 is 15.9 Å². The minimum absolute atomic E-state index is 0.0215. The summed E-state index contributed by atoms with van der Waals surface area (Å²) in [5.74, 6) is -0.164. The molecule has 0 fully saturated rings. The van der Waals surface area contributed by atoms with Gasteiger partial charge in [0.25, 0.3) is 0 Å². The Balaban J connectivity index is 2.57. The fraction of sp³-hybridized carbons (Fsp3) is 0.364. The van der Waals surface area contributed by atoms with Crippen LogP contribution in [0.15, 0.2) is 16.6 Å². The third-order valence-electron chi connectivity index (χ3n) is 2.76. The second-order valence-electron chi connectivity index (χ2n) is 3.74. The van der Waals surface area contributed by atoms with Crippen molar-refractivity contribution in [1.82, 2.24) is 0 Å². The highest BCUT2D eigenvalue weighted by atomic mass is 79.9. The first kappa shape index (κ1) is 12.4. The Morgan fingerprint density at radius 3 is 2.59 bits per heavy atom. The van der Waals surface area contributed by atoms with Gasteiger partial charge in [0.1, 0.15) is 0 Å². The molecule has 2 rings (SSSR count). The molecule has 0 aliphatic carbocycles. The van der Waals surface area contributed by atoms with E-state index in [4.69, 9.17) is 0 Å². The van der Waals surface area contributed by atoms with Crippen LogP contribution in [0.1, 0.15) is 18.1 Å². The number of rotatable bonds is 1. The molecular weight excluding hydrogens is 299 g/mol. The Labute approximate surface area is 105 Å². The van der Waals surface area contributed by atoms with Gasteiger partial charge in [-0.3, -0.25) is 4.79 Å². The monoisotopic (exact) mass is 307 g/mol. The van der Waals surface area contributed by atoms with E-state index >= 15 is 0 Å². The highest BCUT2D eigenvalue weighted by Gasteiger charge is 2.37. The van der Waals surface area contributed by atoms with Crippen LogP contribution in [-0.4, -0.2) is 12.5 Å². The maximum atomic E-state index is 12.7. The number of carbonyl (C=O) groups is 1. The van der Waals surface area contributed by atoms with Gasteiger partial charge in [-0.05, 0) is 35.0 Å². The van der Waals surface area contributed by atoms with Crippen LogP contribution in [0.4, 0.5) is 18.9 Å². The lowest BCUT2D eigenvalue weighted by Crippen LogP contribution is -2.25. The average Bonchev–Trinajstić information content (AvgIpc) is 2.53. The van der Waals surface area contributed by atoms with Crippen molar-refractivity contribution in [3.63, 3.8) is 0 Å². The molecule has 1 aliphatic rings. The van der Waals surface area contributed by atoms with Gasteiger partial charge < -0.3 is 4.90 Å². The molecule has 92 valence electrons. The highest BCUT2D eigenvalue weighted by molar-refractivity contribution is 9.10. The van der Waals surface area contributed by atoms with E-state index in [2.05, 4.69) is 15.9 Å². The molecule has 0 bridgehead atoms. The lowest BCUT2D eigenvalue weighted by atomic mass is 10.1. The zero-order valence-electron chi connectivity index (χ0n) is 8.94. The smallest absolute Gasteiger partial charge is 0.312 e. The molecule has 1 aliphatic heterocycles. The SMILES string of the molecule is CCN1C(=O)Cc2c1ccc(C(F)(F)F)c2Br. The van der Waals surface area contributed by atoms with Crippen molar-refractivity contribution in [3.8, 4) is 0 Å². The second kappa shape index (κ2) is 4.01. The molecule has 0 saturated carbocycles. The fourth-order valence-corrected chi connectivity index (χ4v) is 2.68. The molecule has 0 saturated heterocycles. The van der Waals surface area contributed by atoms with Crippen molar-refractivity contribution in [2.45, 2.75) is 19.5 Å². The first-order chi connectivity index (χ1) is 7.86. The molecule has 1 heterocycles. The number of carbonyl (C=O) groups excluding carboxylic acids is 1. The summed E-state index contributed by atoms with van der Waals surface area (Å²) >= 11 is 2.95. The number of hydrogen-bond acceptors (Lipinski definition) is 1. The number of likely N-dealkylation sites (N-methyl/N-ethyl adjacent to an activating group) is 1. The van der Waals surface area contributed by atoms with Crippen LogP contribution < -0.4 is 4.90 Å². The second-order valence-corrected chi connectivity index (χ2v) is 4.53. The van der Waals surface area contributed by atoms with E-state index in [0.717, 1.165) is 6.07 Å². The number of hydrogen-bond donors (Lipinski definition) is 0. The van der Waals surface area contributed by atoms with Gasteiger partial charge in [-0.15, -0.1) is 0 Å². The van der Waals surface area contributed by atoms with Crippen molar-refractivity contribution >= 4 is 27.5 Å². The summed E-state index contributed by atoms with van der Waals surface area (Å²) in [6.07, 6.45) is -4.38. The predicted molar refractivity (Wildman–Crippen MR) is 60.9 cm³/mol. The molecule has 0 atom stereocenters. The normalized spacial score (nSPS) is 15.4. The van der Waals surface area contributed by atoms with Crippen LogP contribution in [0, 0.1) is 0 Å². The minimum Gasteiger partial charge on any atom is -0.312 e. The quantitative estimate of drug-likeness (QED) is 0.779. The largest absolute Gasteiger partial charge is 0.417 e. The minimum atomic E-state index is -4.41. The fourth-order valence-electron chi connectivity index (χ4n) is 1.98. The third-order valence-corrected chi connectivity index (χ3v) is 3.67. The van der Waals surface area contributed by atoms with Crippen LogP contribution in [0.3, 0.4) is 0 Å². The van der Waals surface area contributed by atoms with Crippen LogP contribution in [0.2, 0.25) is 0 Å². The van der Waals surface area contributed by atoms with Gasteiger partial charge in [0, 0.05) is 22.3 Å². The van der Waals surface area contributed by atoms with Crippen LogP contribution in [-0.2, 0) is 17.4 Å². The summed E-state index contributed by atoms with van der Waals surface area (Å²) in [7, 11) is 0. The molecule has 0 radical (unpaired) electrons. The van der Waals surface area contributed by atoms with Crippen molar-refractivity contribution in [1.29, 1.82) is 0 Å². The summed E-state index contributed by atoms with van der Waals surface area (Å²) in [6, 6.07) is 2.36. The Kier molecular flexibility index (Phi) is 2.93. The number of benzene rings is 1. The number of nitrogens with zero attached hydrogens (tertiary/aromatic N) is 1. The van der Waals surface area contributed by atoms with E-state index in [-0.39, 0.29) is 16.8 Å². The van der Waals surface area contributed by atoms with Gasteiger partial charge in [0.15, 0.2) is 0 Å². The number of fused-ring (bicyclic) bond motifs is 1. The Morgan fingerprint density at radius 1 is 1.41 bits per heavy atom. The van der Waals surface area contributed by atoms with E-state index in [9.17, 15) is 18.0 Å². The topological polar surface area (TPSA) is 20.3 Å².